The summed E-state index contributed by atoms with van der Waals surface area (Å²) in [6, 6.07) is 4.80. The SMILES string of the molecule is O=C(NCC1OC(CC(=O)N2CCOCC2)C(O)C1O)Nc1cccc(F)c1. The molecule has 2 aliphatic rings. The summed E-state index contributed by atoms with van der Waals surface area (Å²) >= 11 is 0. The molecule has 4 unspecified atom stereocenters. The van der Waals surface area contributed by atoms with E-state index in [1.807, 2.05) is 0 Å². The summed E-state index contributed by atoms with van der Waals surface area (Å²) in [5, 5.41) is 25.3. The zero-order valence-corrected chi connectivity index (χ0v) is 15.2. The van der Waals surface area contributed by atoms with Crippen LogP contribution in [-0.4, -0.2) is 84.3 Å². The molecule has 3 rings (SSSR count). The number of morpholine rings is 1. The summed E-state index contributed by atoms with van der Waals surface area (Å²) in [6.45, 7) is 1.82. The molecule has 2 saturated heterocycles. The van der Waals surface area contributed by atoms with E-state index in [1.54, 1.807) is 4.90 Å². The Morgan fingerprint density at radius 3 is 2.61 bits per heavy atom. The molecule has 0 saturated carbocycles. The summed E-state index contributed by atoms with van der Waals surface area (Å²) in [5.41, 5.74) is 0.277. The van der Waals surface area contributed by atoms with Gasteiger partial charge in [-0.1, -0.05) is 6.07 Å². The molecule has 4 N–H and O–H groups in total. The topological polar surface area (TPSA) is 120 Å². The molecule has 0 radical (unpaired) electrons. The fourth-order valence-corrected chi connectivity index (χ4v) is 3.21. The smallest absolute Gasteiger partial charge is 0.319 e. The predicted molar refractivity (Wildman–Crippen MR) is 96.1 cm³/mol. The molecule has 154 valence electrons. The zero-order chi connectivity index (χ0) is 20.1. The Morgan fingerprint density at radius 2 is 1.89 bits per heavy atom. The maximum atomic E-state index is 13.1. The van der Waals surface area contributed by atoms with Crippen LogP contribution >= 0.6 is 0 Å². The number of carbonyl (C=O) groups is 2. The van der Waals surface area contributed by atoms with Crippen LogP contribution in [0, 0.1) is 5.82 Å². The van der Waals surface area contributed by atoms with Gasteiger partial charge in [-0.2, -0.15) is 0 Å². The summed E-state index contributed by atoms with van der Waals surface area (Å²) in [5.74, 6) is -0.666. The Morgan fingerprint density at radius 1 is 1.18 bits per heavy atom. The van der Waals surface area contributed by atoms with Crippen molar-refractivity contribution in [1.82, 2.24) is 10.2 Å². The lowest BCUT2D eigenvalue weighted by molar-refractivity contribution is -0.139. The molecule has 1 aromatic carbocycles. The van der Waals surface area contributed by atoms with Gasteiger partial charge in [-0.25, -0.2) is 9.18 Å². The average molecular weight is 397 g/mol. The van der Waals surface area contributed by atoms with Crippen LogP contribution in [0.4, 0.5) is 14.9 Å². The molecule has 2 fully saturated rings. The minimum absolute atomic E-state index is 0.0653. The van der Waals surface area contributed by atoms with E-state index in [-0.39, 0.29) is 24.6 Å². The Hall–Kier alpha value is -2.27. The van der Waals surface area contributed by atoms with E-state index in [4.69, 9.17) is 9.47 Å². The second-order valence-corrected chi connectivity index (χ2v) is 6.74. The quantitative estimate of drug-likeness (QED) is 0.541. The number of rotatable bonds is 5. The number of nitrogens with zero attached hydrogens (tertiary/aromatic N) is 1. The highest BCUT2D eigenvalue weighted by molar-refractivity contribution is 5.89. The van der Waals surface area contributed by atoms with Crippen LogP contribution in [-0.2, 0) is 14.3 Å². The van der Waals surface area contributed by atoms with Crippen molar-refractivity contribution in [2.75, 3.05) is 38.2 Å². The van der Waals surface area contributed by atoms with E-state index in [9.17, 15) is 24.2 Å². The first-order valence-corrected chi connectivity index (χ1v) is 9.11. The number of benzene rings is 1. The molecular formula is C18H24FN3O6. The van der Waals surface area contributed by atoms with Gasteiger partial charge in [-0.05, 0) is 18.2 Å². The molecule has 2 heterocycles. The summed E-state index contributed by atoms with van der Waals surface area (Å²) in [6.07, 6.45) is -4.26. The number of nitrogens with one attached hydrogen (secondary N) is 2. The lowest BCUT2D eigenvalue weighted by Crippen LogP contribution is -2.43. The largest absolute Gasteiger partial charge is 0.388 e. The van der Waals surface area contributed by atoms with E-state index in [0.29, 0.717) is 26.3 Å². The van der Waals surface area contributed by atoms with Crippen molar-refractivity contribution in [3.05, 3.63) is 30.1 Å². The molecule has 3 amide bonds. The van der Waals surface area contributed by atoms with Gasteiger partial charge >= 0.3 is 6.03 Å². The first-order valence-electron chi connectivity index (χ1n) is 9.11. The van der Waals surface area contributed by atoms with Gasteiger partial charge in [0.25, 0.3) is 0 Å². The average Bonchev–Trinajstić information content (AvgIpc) is 2.95. The number of anilines is 1. The Labute approximate surface area is 161 Å². The summed E-state index contributed by atoms with van der Waals surface area (Å²) < 4.78 is 23.9. The fraction of sp³-hybridized carbons (Fsp3) is 0.556. The first-order chi connectivity index (χ1) is 13.4. The number of aliphatic hydroxyl groups is 2. The van der Waals surface area contributed by atoms with Crippen molar-refractivity contribution < 1.29 is 33.7 Å². The van der Waals surface area contributed by atoms with E-state index in [2.05, 4.69) is 10.6 Å². The molecule has 0 aliphatic carbocycles. The number of urea groups is 1. The van der Waals surface area contributed by atoms with Crippen molar-refractivity contribution in [1.29, 1.82) is 0 Å². The molecule has 9 nitrogen and oxygen atoms in total. The maximum Gasteiger partial charge on any atom is 0.319 e. The molecule has 2 aliphatic heterocycles. The number of hydrogen-bond acceptors (Lipinski definition) is 6. The number of hydrogen-bond donors (Lipinski definition) is 4. The molecule has 28 heavy (non-hydrogen) atoms. The van der Waals surface area contributed by atoms with Gasteiger partial charge in [-0.3, -0.25) is 4.79 Å². The number of aliphatic hydroxyl groups excluding tert-OH is 2. The van der Waals surface area contributed by atoms with Gasteiger partial charge in [0.2, 0.25) is 5.91 Å². The number of carbonyl (C=O) groups excluding carboxylic acids is 2. The van der Waals surface area contributed by atoms with Crippen molar-refractivity contribution in [3.63, 3.8) is 0 Å². The van der Waals surface area contributed by atoms with Crippen LogP contribution in [0.15, 0.2) is 24.3 Å². The van der Waals surface area contributed by atoms with E-state index < -0.39 is 36.3 Å². The zero-order valence-electron chi connectivity index (χ0n) is 15.2. The molecule has 10 heteroatoms. The third kappa shape index (κ3) is 5.16. The maximum absolute atomic E-state index is 13.1. The van der Waals surface area contributed by atoms with Crippen LogP contribution in [0.3, 0.4) is 0 Å². The van der Waals surface area contributed by atoms with Crippen molar-refractivity contribution in [2.24, 2.45) is 0 Å². The fourth-order valence-electron chi connectivity index (χ4n) is 3.21. The third-order valence-electron chi connectivity index (χ3n) is 4.75. The monoisotopic (exact) mass is 397 g/mol. The molecule has 0 aromatic heterocycles. The van der Waals surface area contributed by atoms with Gasteiger partial charge in [0.05, 0.1) is 25.7 Å². The second kappa shape index (κ2) is 9.28. The van der Waals surface area contributed by atoms with Crippen LogP contribution in [0.2, 0.25) is 0 Å². The molecule has 1 aromatic rings. The van der Waals surface area contributed by atoms with Crippen LogP contribution in [0.1, 0.15) is 6.42 Å². The van der Waals surface area contributed by atoms with Crippen LogP contribution < -0.4 is 10.6 Å². The summed E-state index contributed by atoms with van der Waals surface area (Å²) in [4.78, 5) is 25.8. The van der Waals surface area contributed by atoms with Crippen molar-refractivity contribution in [3.8, 4) is 0 Å². The number of amides is 3. The highest BCUT2D eigenvalue weighted by atomic mass is 19.1. The van der Waals surface area contributed by atoms with Crippen LogP contribution in [0.25, 0.3) is 0 Å². The Bertz CT molecular complexity index is 700. The lowest BCUT2D eigenvalue weighted by Gasteiger charge is -2.28. The van der Waals surface area contributed by atoms with Gasteiger partial charge in [-0.15, -0.1) is 0 Å². The third-order valence-corrected chi connectivity index (χ3v) is 4.75. The lowest BCUT2D eigenvalue weighted by atomic mass is 10.0. The van der Waals surface area contributed by atoms with E-state index in [0.717, 1.165) is 6.07 Å². The van der Waals surface area contributed by atoms with Gasteiger partial charge in [0.1, 0.15) is 24.1 Å². The number of ether oxygens (including phenoxy) is 2. The Balaban J connectivity index is 1.46. The van der Waals surface area contributed by atoms with E-state index >= 15 is 0 Å². The van der Waals surface area contributed by atoms with Crippen molar-refractivity contribution in [2.45, 2.75) is 30.8 Å². The van der Waals surface area contributed by atoms with Gasteiger partial charge in [0.15, 0.2) is 0 Å². The van der Waals surface area contributed by atoms with Crippen molar-refractivity contribution >= 4 is 17.6 Å². The molecule has 0 spiro atoms. The van der Waals surface area contributed by atoms with Gasteiger partial charge < -0.3 is 35.2 Å². The molecule has 4 atom stereocenters. The standard InChI is InChI=1S/C18H24FN3O6/c19-11-2-1-3-12(8-11)21-18(26)20-10-14-17(25)16(24)13(28-14)9-15(23)22-4-6-27-7-5-22/h1-3,8,13-14,16-17,24-25H,4-7,9-10H2,(H2,20,21,26). The first kappa shape index (κ1) is 20.5. The molecular weight excluding hydrogens is 373 g/mol. The minimum atomic E-state index is -1.24. The minimum Gasteiger partial charge on any atom is -0.388 e. The normalized spacial score (nSPS) is 27.5. The van der Waals surface area contributed by atoms with Gasteiger partial charge in [0, 0.05) is 25.3 Å². The summed E-state index contributed by atoms with van der Waals surface area (Å²) in [7, 11) is 0. The van der Waals surface area contributed by atoms with E-state index in [1.165, 1.54) is 18.2 Å². The predicted octanol–water partition coefficient (Wildman–Crippen LogP) is -0.315. The highest BCUT2D eigenvalue weighted by Crippen LogP contribution is 2.24. The Kier molecular flexibility index (Phi) is 6.79. The van der Waals surface area contributed by atoms with Crippen LogP contribution in [0.5, 0.6) is 0 Å². The molecule has 0 bridgehead atoms. The highest BCUT2D eigenvalue weighted by Gasteiger charge is 2.43. The number of halogens is 1. The second-order valence-electron chi connectivity index (χ2n) is 6.74.